The Bertz CT molecular complexity index is 793. The summed E-state index contributed by atoms with van der Waals surface area (Å²) in [6.45, 7) is 0. The molecule has 3 aromatic rings. The number of anilines is 1. The lowest BCUT2D eigenvalue weighted by Crippen LogP contribution is -2.10. The van der Waals surface area contributed by atoms with Crippen molar-refractivity contribution in [3.63, 3.8) is 0 Å². The molecule has 3 nitrogen and oxygen atoms in total. The zero-order chi connectivity index (χ0) is 14.5. The van der Waals surface area contributed by atoms with E-state index < -0.39 is 0 Å². The molecule has 0 saturated heterocycles. The van der Waals surface area contributed by atoms with E-state index in [4.69, 9.17) is 4.42 Å². The Balaban J connectivity index is 1.76. The van der Waals surface area contributed by atoms with E-state index >= 15 is 0 Å². The molecule has 0 atom stereocenters. The molecule has 2 aromatic heterocycles. The van der Waals surface area contributed by atoms with Gasteiger partial charge in [-0.05, 0) is 35.7 Å². The molecule has 2 heterocycles. The third-order valence-corrected chi connectivity index (χ3v) is 3.54. The normalized spacial score (nSPS) is 9.71. The van der Waals surface area contributed by atoms with Crippen LogP contribution in [0.25, 0.3) is 0 Å². The van der Waals surface area contributed by atoms with E-state index in [2.05, 4.69) is 17.2 Å². The van der Waals surface area contributed by atoms with Crippen molar-refractivity contribution >= 4 is 22.9 Å². The highest BCUT2D eigenvalue weighted by molar-refractivity contribution is 7.10. The van der Waals surface area contributed by atoms with Gasteiger partial charge in [0, 0.05) is 11.3 Å². The Kier molecular flexibility index (Phi) is 3.85. The molecule has 0 fully saturated rings. The molecule has 0 aliphatic heterocycles. The van der Waals surface area contributed by atoms with Gasteiger partial charge in [-0.3, -0.25) is 4.79 Å². The van der Waals surface area contributed by atoms with Crippen LogP contribution in [0.15, 0.2) is 64.8 Å². The lowest BCUT2D eigenvalue weighted by atomic mass is 10.2. The van der Waals surface area contributed by atoms with Gasteiger partial charge in [-0.25, -0.2) is 0 Å². The molecule has 1 amide bonds. The number of carbonyl (C=O) groups is 1. The van der Waals surface area contributed by atoms with Crippen LogP contribution in [-0.4, -0.2) is 5.91 Å². The fraction of sp³-hybridized carbons (Fsp3) is 0. The minimum absolute atomic E-state index is 0.202. The number of carbonyl (C=O) groups excluding carboxylic acids is 1. The van der Waals surface area contributed by atoms with Gasteiger partial charge in [0.05, 0.1) is 16.7 Å². The average molecular weight is 293 g/mol. The van der Waals surface area contributed by atoms with E-state index in [9.17, 15) is 4.79 Å². The Hall–Kier alpha value is -2.77. The van der Waals surface area contributed by atoms with Crippen molar-refractivity contribution in [1.29, 1.82) is 0 Å². The second-order valence-electron chi connectivity index (χ2n) is 4.27. The van der Waals surface area contributed by atoms with Gasteiger partial charge in [0.1, 0.15) is 6.26 Å². The van der Waals surface area contributed by atoms with Gasteiger partial charge in [0.25, 0.3) is 5.91 Å². The van der Waals surface area contributed by atoms with Crippen molar-refractivity contribution in [2.24, 2.45) is 0 Å². The number of thiophene rings is 1. The fourth-order valence-electron chi connectivity index (χ4n) is 1.76. The van der Waals surface area contributed by atoms with Crippen molar-refractivity contribution in [1.82, 2.24) is 0 Å². The molecule has 3 rings (SSSR count). The first-order valence-electron chi connectivity index (χ1n) is 6.30. The highest BCUT2D eigenvalue weighted by atomic mass is 32.1. The van der Waals surface area contributed by atoms with Crippen molar-refractivity contribution in [3.05, 3.63) is 76.4 Å². The smallest absolute Gasteiger partial charge is 0.258 e. The first-order valence-corrected chi connectivity index (χ1v) is 7.18. The van der Waals surface area contributed by atoms with E-state index in [1.165, 1.54) is 12.5 Å². The van der Waals surface area contributed by atoms with E-state index in [-0.39, 0.29) is 5.91 Å². The third kappa shape index (κ3) is 3.41. The van der Waals surface area contributed by atoms with Gasteiger partial charge in [-0.15, -0.1) is 11.3 Å². The average Bonchev–Trinajstić information content (AvgIpc) is 3.19. The molecule has 1 aromatic carbocycles. The number of nitrogens with one attached hydrogen (secondary N) is 1. The van der Waals surface area contributed by atoms with Crippen LogP contribution >= 0.6 is 11.3 Å². The third-order valence-electron chi connectivity index (χ3n) is 2.76. The quantitative estimate of drug-likeness (QED) is 0.726. The van der Waals surface area contributed by atoms with Crippen LogP contribution in [-0.2, 0) is 0 Å². The summed E-state index contributed by atoms with van der Waals surface area (Å²) in [5, 5.41) is 4.81. The van der Waals surface area contributed by atoms with Crippen LogP contribution in [0.5, 0.6) is 0 Å². The fourth-order valence-corrected chi connectivity index (χ4v) is 2.33. The molecule has 0 unspecified atom stereocenters. The number of rotatable bonds is 2. The predicted octanol–water partition coefficient (Wildman–Crippen LogP) is 3.99. The van der Waals surface area contributed by atoms with Gasteiger partial charge >= 0.3 is 0 Å². The summed E-state index contributed by atoms with van der Waals surface area (Å²) in [6, 6.07) is 13.0. The lowest BCUT2D eigenvalue weighted by molar-refractivity contribution is 0.102. The summed E-state index contributed by atoms with van der Waals surface area (Å²) in [7, 11) is 0. The van der Waals surface area contributed by atoms with Gasteiger partial charge in [0.2, 0.25) is 0 Å². The second kappa shape index (κ2) is 6.12. The molecule has 0 saturated carbocycles. The van der Waals surface area contributed by atoms with Crippen molar-refractivity contribution in [2.75, 3.05) is 5.32 Å². The van der Waals surface area contributed by atoms with E-state index in [1.54, 1.807) is 17.4 Å². The summed E-state index contributed by atoms with van der Waals surface area (Å²) in [5.74, 6) is 5.97. The zero-order valence-electron chi connectivity index (χ0n) is 11.0. The van der Waals surface area contributed by atoms with Gasteiger partial charge in [-0.2, -0.15) is 0 Å². The van der Waals surface area contributed by atoms with E-state index in [0.717, 1.165) is 10.4 Å². The highest BCUT2D eigenvalue weighted by Crippen LogP contribution is 2.13. The summed E-state index contributed by atoms with van der Waals surface area (Å²) in [4.78, 5) is 12.9. The number of hydrogen-bond donors (Lipinski definition) is 1. The lowest BCUT2D eigenvalue weighted by Gasteiger charge is -2.03. The molecule has 102 valence electrons. The van der Waals surface area contributed by atoms with Crippen LogP contribution < -0.4 is 5.32 Å². The topological polar surface area (TPSA) is 42.2 Å². The minimum Gasteiger partial charge on any atom is -0.472 e. The highest BCUT2D eigenvalue weighted by Gasteiger charge is 2.06. The molecule has 0 radical (unpaired) electrons. The number of amides is 1. The summed E-state index contributed by atoms with van der Waals surface area (Å²) in [5.41, 5.74) is 2.05. The zero-order valence-corrected chi connectivity index (χ0v) is 11.8. The summed E-state index contributed by atoms with van der Waals surface area (Å²) in [6.07, 6.45) is 2.88. The SMILES string of the molecule is O=C(Nc1cccc(C#Cc2cccs2)c1)c1ccoc1. The number of benzene rings is 1. The van der Waals surface area contributed by atoms with Crippen LogP contribution in [0.4, 0.5) is 5.69 Å². The van der Waals surface area contributed by atoms with Crippen molar-refractivity contribution in [3.8, 4) is 11.8 Å². The summed E-state index contributed by atoms with van der Waals surface area (Å²) < 4.78 is 4.89. The van der Waals surface area contributed by atoms with E-state index in [0.29, 0.717) is 11.3 Å². The number of hydrogen-bond acceptors (Lipinski definition) is 3. The molecule has 1 N–H and O–H groups in total. The Morgan fingerprint density at radius 3 is 2.86 bits per heavy atom. The maximum atomic E-state index is 11.9. The van der Waals surface area contributed by atoms with Gasteiger partial charge in [-0.1, -0.05) is 24.0 Å². The molecule has 21 heavy (non-hydrogen) atoms. The van der Waals surface area contributed by atoms with Crippen LogP contribution in [0.1, 0.15) is 20.8 Å². The van der Waals surface area contributed by atoms with Crippen LogP contribution in [0.3, 0.4) is 0 Å². The molecule has 0 aliphatic rings. The standard InChI is InChI=1S/C17H11NO2S/c19-17(14-8-9-20-12-14)18-15-4-1-3-13(11-15)6-7-16-5-2-10-21-16/h1-5,8-12H,(H,18,19). The molecule has 0 spiro atoms. The molecule has 0 bridgehead atoms. The van der Waals surface area contributed by atoms with E-state index in [1.807, 2.05) is 41.8 Å². The second-order valence-corrected chi connectivity index (χ2v) is 5.22. The van der Waals surface area contributed by atoms with Crippen LogP contribution in [0, 0.1) is 11.8 Å². The van der Waals surface area contributed by atoms with Gasteiger partial charge < -0.3 is 9.73 Å². The predicted molar refractivity (Wildman–Crippen MR) is 83.4 cm³/mol. The maximum absolute atomic E-state index is 11.9. The van der Waals surface area contributed by atoms with Crippen LogP contribution in [0.2, 0.25) is 0 Å². The first-order chi connectivity index (χ1) is 10.3. The Labute approximate surface area is 126 Å². The van der Waals surface area contributed by atoms with Crippen molar-refractivity contribution < 1.29 is 9.21 Å². The first kappa shape index (κ1) is 13.2. The maximum Gasteiger partial charge on any atom is 0.258 e. The minimum atomic E-state index is -0.202. The summed E-state index contributed by atoms with van der Waals surface area (Å²) >= 11 is 1.60. The van der Waals surface area contributed by atoms with Gasteiger partial charge in [0.15, 0.2) is 0 Å². The number of furan rings is 1. The molecular weight excluding hydrogens is 282 g/mol. The molecule has 0 aliphatic carbocycles. The Morgan fingerprint density at radius 1 is 1.14 bits per heavy atom. The molecule has 4 heteroatoms. The monoisotopic (exact) mass is 293 g/mol. The van der Waals surface area contributed by atoms with Crippen molar-refractivity contribution in [2.45, 2.75) is 0 Å². The molecular formula is C17H11NO2S. The Morgan fingerprint density at radius 2 is 2.10 bits per heavy atom. The largest absolute Gasteiger partial charge is 0.472 e.